The van der Waals surface area contributed by atoms with Crippen LogP contribution in [0.25, 0.3) is 0 Å². The molecule has 0 aliphatic heterocycles. The van der Waals surface area contributed by atoms with Crippen molar-refractivity contribution < 1.29 is 9.32 Å². The zero-order chi connectivity index (χ0) is 16.1. The molecule has 3 aromatic rings. The lowest BCUT2D eigenvalue weighted by molar-refractivity contribution is 0.0946. The van der Waals surface area contributed by atoms with Gasteiger partial charge >= 0.3 is 0 Å². The number of aryl methyl sites for hydroxylation is 1. The maximum absolute atomic E-state index is 12.2. The van der Waals surface area contributed by atoms with Crippen molar-refractivity contribution in [2.45, 2.75) is 13.5 Å². The molecule has 0 fully saturated rings. The summed E-state index contributed by atoms with van der Waals surface area (Å²) < 4.78 is 4.99. The van der Waals surface area contributed by atoms with Crippen LogP contribution in [0, 0.1) is 6.92 Å². The van der Waals surface area contributed by atoms with E-state index in [1.165, 1.54) is 0 Å². The number of anilines is 2. The van der Waals surface area contributed by atoms with Crippen molar-refractivity contribution in [2.75, 3.05) is 5.32 Å². The summed E-state index contributed by atoms with van der Waals surface area (Å²) in [4.78, 5) is 16.3. The van der Waals surface area contributed by atoms with Gasteiger partial charge in [0, 0.05) is 24.5 Å². The average Bonchev–Trinajstić information content (AvgIpc) is 2.99. The first-order valence-electron chi connectivity index (χ1n) is 7.19. The van der Waals surface area contributed by atoms with Gasteiger partial charge in [0.15, 0.2) is 5.82 Å². The standard InChI is InChI=1S/C17H16N4O2/c1-12-9-16(21-23-12)20-14-7-8-18-15(10-14)17(22)19-11-13-5-3-2-4-6-13/h2-10H,11H2,1H3,(H,19,22)(H,18,20,21). The highest BCUT2D eigenvalue weighted by Gasteiger charge is 2.08. The van der Waals surface area contributed by atoms with E-state index in [1.54, 1.807) is 24.4 Å². The Morgan fingerprint density at radius 3 is 2.74 bits per heavy atom. The van der Waals surface area contributed by atoms with Crippen LogP contribution >= 0.6 is 0 Å². The van der Waals surface area contributed by atoms with E-state index in [4.69, 9.17) is 4.52 Å². The summed E-state index contributed by atoms with van der Waals surface area (Å²) >= 11 is 0. The van der Waals surface area contributed by atoms with E-state index in [0.29, 0.717) is 23.8 Å². The first-order valence-corrected chi connectivity index (χ1v) is 7.19. The molecule has 1 amide bonds. The lowest BCUT2D eigenvalue weighted by atomic mass is 10.2. The summed E-state index contributed by atoms with van der Waals surface area (Å²) in [5.41, 5.74) is 2.09. The van der Waals surface area contributed by atoms with E-state index in [1.807, 2.05) is 37.3 Å². The molecule has 2 aromatic heterocycles. The van der Waals surface area contributed by atoms with Crippen molar-refractivity contribution in [1.82, 2.24) is 15.5 Å². The minimum atomic E-state index is -0.228. The second kappa shape index (κ2) is 6.74. The molecule has 0 bridgehead atoms. The van der Waals surface area contributed by atoms with E-state index < -0.39 is 0 Å². The van der Waals surface area contributed by atoms with Gasteiger partial charge in [-0.1, -0.05) is 35.5 Å². The fourth-order valence-corrected chi connectivity index (χ4v) is 2.07. The molecule has 0 saturated carbocycles. The number of pyridine rings is 1. The second-order valence-corrected chi connectivity index (χ2v) is 5.05. The fourth-order valence-electron chi connectivity index (χ4n) is 2.07. The number of hydrogen-bond donors (Lipinski definition) is 2. The molecule has 2 heterocycles. The number of carbonyl (C=O) groups is 1. The highest BCUT2D eigenvalue weighted by Crippen LogP contribution is 2.16. The van der Waals surface area contributed by atoms with Crippen molar-refractivity contribution in [3.8, 4) is 0 Å². The van der Waals surface area contributed by atoms with E-state index in [0.717, 1.165) is 11.3 Å². The summed E-state index contributed by atoms with van der Waals surface area (Å²) in [6, 6.07) is 14.9. The van der Waals surface area contributed by atoms with Gasteiger partial charge in [-0.2, -0.15) is 0 Å². The summed E-state index contributed by atoms with van der Waals surface area (Å²) in [7, 11) is 0. The molecule has 23 heavy (non-hydrogen) atoms. The summed E-state index contributed by atoms with van der Waals surface area (Å²) in [5.74, 6) is 1.07. The Morgan fingerprint density at radius 2 is 2.00 bits per heavy atom. The Bertz CT molecular complexity index is 799. The lowest BCUT2D eigenvalue weighted by Crippen LogP contribution is -2.23. The van der Waals surface area contributed by atoms with Gasteiger partial charge in [-0.25, -0.2) is 0 Å². The normalized spacial score (nSPS) is 10.3. The average molecular weight is 308 g/mol. The monoisotopic (exact) mass is 308 g/mol. The summed E-state index contributed by atoms with van der Waals surface area (Å²) in [6.07, 6.45) is 1.58. The molecule has 0 unspecified atom stereocenters. The number of aromatic nitrogens is 2. The van der Waals surface area contributed by atoms with Crippen molar-refractivity contribution in [3.63, 3.8) is 0 Å². The fraction of sp³-hybridized carbons (Fsp3) is 0.118. The highest BCUT2D eigenvalue weighted by atomic mass is 16.5. The van der Waals surface area contributed by atoms with Crippen molar-refractivity contribution in [2.24, 2.45) is 0 Å². The predicted octanol–water partition coefficient (Wildman–Crippen LogP) is 3.05. The van der Waals surface area contributed by atoms with E-state index in [-0.39, 0.29) is 5.91 Å². The number of carbonyl (C=O) groups excluding carboxylic acids is 1. The Kier molecular flexibility index (Phi) is 4.33. The Balaban J connectivity index is 1.65. The molecule has 6 heteroatoms. The molecule has 116 valence electrons. The van der Waals surface area contributed by atoms with Crippen molar-refractivity contribution >= 4 is 17.4 Å². The first kappa shape index (κ1) is 14.8. The SMILES string of the molecule is Cc1cc(Nc2ccnc(C(=O)NCc3ccccc3)c2)no1. The van der Waals surface area contributed by atoms with Gasteiger partial charge in [-0.05, 0) is 24.6 Å². The van der Waals surface area contributed by atoms with Crippen LogP contribution in [0.5, 0.6) is 0 Å². The Hall–Kier alpha value is -3.15. The highest BCUT2D eigenvalue weighted by molar-refractivity contribution is 5.93. The minimum Gasteiger partial charge on any atom is -0.360 e. The van der Waals surface area contributed by atoms with Crippen molar-refractivity contribution in [1.29, 1.82) is 0 Å². The smallest absolute Gasteiger partial charge is 0.270 e. The summed E-state index contributed by atoms with van der Waals surface area (Å²) in [5, 5.41) is 9.77. The maximum Gasteiger partial charge on any atom is 0.270 e. The number of benzene rings is 1. The van der Waals surface area contributed by atoms with Crippen LogP contribution in [0.15, 0.2) is 59.3 Å². The Morgan fingerprint density at radius 1 is 1.17 bits per heavy atom. The zero-order valence-electron chi connectivity index (χ0n) is 12.6. The lowest BCUT2D eigenvalue weighted by Gasteiger charge is -2.07. The molecule has 0 saturated heterocycles. The molecule has 0 atom stereocenters. The van der Waals surface area contributed by atoms with Crippen LogP contribution in [0.2, 0.25) is 0 Å². The molecule has 2 N–H and O–H groups in total. The van der Waals surface area contributed by atoms with Gasteiger partial charge < -0.3 is 15.2 Å². The molecular weight excluding hydrogens is 292 g/mol. The number of rotatable bonds is 5. The molecule has 6 nitrogen and oxygen atoms in total. The molecule has 0 aliphatic carbocycles. The molecule has 0 aliphatic rings. The quantitative estimate of drug-likeness (QED) is 0.757. The first-order chi connectivity index (χ1) is 11.2. The molecule has 1 aromatic carbocycles. The van der Waals surface area contributed by atoms with Crippen LogP contribution in [-0.2, 0) is 6.54 Å². The van der Waals surface area contributed by atoms with Gasteiger partial charge in [0.1, 0.15) is 11.5 Å². The predicted molar refractivity (Wildman–Crippen MR) is 86.4 cm³/mol. The number of amides is 1. The third-order valence-electron chi connectivity index (χ3n) is 3.19. The van der Waals surface area contributed by atoms with Gasteiger partial charge in [-0.15, -0.1) is 0 Å². The maximum atomic E-state index is 12.2. The van der Waals surface area contributed by atoms with Crippen LogP contribution in [-0.4, -0.2) is 16.0 Å². The van der Waals surface area contributed by atoms with Gasteiger partial charge in [-0.3, -0.25) is 9.78 Å². The Labute approximate surface area is 133 Å². The van der Waals surface area contributed by atoms with E-state index in [9.17, 15) is 4.79 Å². The van der Waals surface area contributed by atoms with Crippen LogP contribution in [0.1, 0.15) is 21.8 Å². The third-order valence-corrected chi connectivity index (χ3v) is 3.19. The zero-order valence-corrected chi connectivity index (χ0v) is 12.6. The van der Waals surface area contributed by atoms with Crippen LogP contribution in [0.4, 0.5) is 11.5 Å². The van der Waals surface area contributed by atoms with Crippen LogP contribution < -0.4 is 10.6 Å². The van der Waals surface area contributed by atoms with Crippen molar-refractivity contribution in [3.05, 3.63) is 71.7 Å². The molecule has 3 rings (SSSR count). The minimum absolute atomic E-state index is 0.228. The molecular formula is C17H16N4O2. The van der Waals surface area contributed by atoms with E-state index in [2.05, 4.69) is 20.8 Å². The van der Waals surface area contributed by atoms with Gasteiger partial charge in [0.25, 0.3) is 5.91 Å². The number of hydrogen-bond acceptors (Lipinski definition) is 5. The topological polar surface area (TPSA) is 80.0 Å². The number of nitrogens with zero attached hydrogens (tertiary/aromatic N) is 2. The molecule has 0 radical (unpaired) electrons. The second-order valence-electron chi connectivity index (χ2n) is 5.05. The third kappa shape index (κ3) is 3.94. The largest absolute Gasteiger partial charge is 0.360 e. The molecule has 0 spiro atoms. The summed E-state index contributed by atoms with van der Waals surface area (Å²) in [6.45, 7) is 2.27. The van der Waals surface area contributed by atoms with Crippen LogP contribution in [0.3, 0.4) is 0 Å². The van der Waals surface area contributed by atoms with Gasteiger partial charge in [0.2, 0.25) is 0 Å². The number of nitrogens with one attached hydrogen (secondary N) is 2. The van der Waals surface area contributed by atoms with Gasteiger partial charge in [0.05, 0.1) is 0 Å². The van der Waals surface area contributed by atoms with E-state index >= 15 is 0 Å².